The van der Waals surface area contributed by atoms with Gasteiger partial charge in [-0.25, -0.2) is 9.59 Å². The van der Waals surface area contributed by atoms with E-state index in [4.69, 9.17) is 14.2 Å². The molecule has 0 fully saturated rings. The molecule has 0 bridgehead atoms. The second-order valence-corrected chi connectivity index (χ2v) is 5.52. The van der Waals surface area contributed by atoms with Crippen LogP contribution in [0.2, 0.25) is 0 Å². The number of benzene rings is 1. The topological polar surface area (TPSA) is 77.6 Å². The van der Waals surface area contributed by atoms with Gasteiger partial charge < -0.3 is 19.2 Å². The molecule has 6 heteroatoms. The Morgan fingerprint density at radius 2 is 1.64 bits per heavy atom. The summed E-state index contributed by atoms with van der Waals surface area (Å²) in [4.78, 5) is 27.1. The third-order valence-electron chi connectivity index (χ3n) is 3.71. The molecule has 0 aliphatic heterocycles. The van der Waals surface area contributed by atoms with Gasteiger partial charge in [0.25, 0.3) is 0 Å². The SMILES string of the molecule is CCOC(=O)c1[nH]c(C(=O)OCC)c(COc2cccc(C)c2)c1C. The van der Waals surface area contributed by atoms with E-state index < -0.39 is 11.9 Å². The Hall–Kier alpha value is -2.76. The largest absolute Gasteiger partial charge is 0.489 e. The van der Waals surface area contributed by atoms with Crippen molar-refractivity contribution in [2.24, 2.45) is 0 Å². The average Bonchev–Trinajstić information content (AvgIpc) is 2.90. The number of hydrogen-bond acceptors (Lipinski definition) is 5. The first kappa shape index (κ1) is 18.6. The van der Waals surface area contributed by atoms with E-state index in [1.54, 1.807) is 20.8 Å². The van der Waals surface area contributed by atoms with E-state index in [9.17, 15) is 9.59 Å². The van der Waals surface area contributed by atoms with Crippen molar-refractivity contribution in [1.82, 2.24) is 4.98 Å². The van der Waals surface area contributed by atoms with E-state index in [1.807, 2.05) is 31.2 Å². The van der Waals surface area contributed by atoms with Crippen LogP contribution in [0.1, 0.15) is 51.5 Å². The lowest BCUT2D eigenvalue weighted by molar-refractivity contribution is 0.0514. The monoisotopic (exact) mass is 345 g/mol. The first-order chi connectivity index (χ1) is 12.0. The smallest absolute Gasteiger partial charge is 0.355 e. The van der Waals surface area contributed by atoms with E-state index in [2.05, 4.69) is 4.98 Å². The minimum atomic E-state index is -0.524. The van der Waals surface area contributed by atoms with Gasteiger partial charge in [-0.05, 0) is 51.0 Å². The van der Waals surface area contributed by atoms with Gasteiger partial charge in [-0.3, -0.25) is 0 Å². The van der Waals surface area contributed by atoms with Crippen LogP contribution in [0.15, 0.2) is 24.3 Å². The van der Waals surface area contributed by atoms with Gasteiger partial charge in [0.05, 0.1) is 13.2 Å². The van der Waals surface area contributed by atoms with Crippen LogP contribution in [-0.4, -0.2) is 30.1 Å². The summed E-state index contributed by atoms with van der Waals surface area (Å²) in [5.74, 6) is -0.343. The van der Waals surface area contributed by atoms with Crippen molar-refractivity contribution in [2.45, 2.75) is 34.3 Å². The van der Waals surface area contributed by atoms with E-state index in [1.165, 1.54) is 0 Å². The van der Waals surface area contributed by atoms with Crippen LogP contribution in [0.3, 0.4) is 0 Å². The molecular formula is C19H23NO5. The minimum Gasteiger partial charge on any atom is -0.489 e. The minimum absolute atomic E-state index is 0.138. The number of H-pyrrole nitrogens is 1. The van der Waals surface area contributed by atoms with Crippen LogP contribution < -0.4 is 4.74 Å². The Morgan fingerprint density at radius 1 is 1.00 bits per heavy atom. The maximum atomic E-state index is 12.2. The van der Waals surface area contributed by atoms with E-state index >= 15 is 0 Å². The average molecular weight is 345 g/mol. The highest BCUT2D eigenvalue weighted by atomic mass is 16.5. The predicted molar refractivity (Wildman–Crippen MR) is 93.0 cm³/mol. The van der Waals surface area contributed by atoms with Gasteiger partial charge in [0, 0.05) is 5.56 Å². The lowest BCUT2D eigenvalue weighted by Gasteiger charge is -2.09. The molecular weight excluding hydrogens is 322 g/mol. The lowest BCUT2D eigenvalue weighted by atomic mass is 10.1. The molecule has 0 saturated carbocycles. The number of rotatable bonds is 7. The van der Waals surface area contributed by atoms with Gasteiger partial charge in [0.15, 0.2) is 0 Å². The number of esters is 2. The number of hydrogen-bond donors (Lipinski definition) is 1. The maximum absolute atomic E-state index is 12.2. The second-order valence-electron chi connectivity index (χ2n) is 5.52. The summed E-state index contributed by atoms with van der Waals surface area (Å²) in [7, 11) is 0. The summed E-state index contributed by atoms with van der Waals surface area (Å²) in [6.07, 6.45) is 0. The fourth-order valence-corrected chi connectivity index (χ4v) is 2.46. The molecule has 0 radical (unpaired) electrons. The quantitative estimate of drug-likeness (QED) is 0.776. The Balaban J connectivity index is 2.32. The number of aromatic nitrogens is 1. The lowest BCUT2D eigenvalue weighted by Crippen LogP contribution is -2.10. The van der Waals surface area contributed by atoms with E-state index in [-0.39, 0.29) is 31.2 Å². The number of nitrogens with one attached hydrogen (secondary N) is 1. The van der Waals surface area contributed by atoms with Crippen molar-refractivity contribution >= 4 is 11.9 Å². The summed E-state index contributed by atoms with van der Waals surface area (Å²) in [5, 5.41) is 0. The predicted octanol–water partition coefficient (Wildman–Crippen LogP) is 3.56. The van der Waals surface area contributed by atoms with Crippen molar-refractivity contribution < 1.29 is 23.8 Å². The van der Waals surface area contributed by atoms with E-state index in [0.29, 0.717) is 16.9 Å². The molecule has 0 saturated heterocycles. The standard InChI is InChI=1S/C19H23NO5/c1-5-23-18(21)16-13(4)15(17(20-16)19(22)24-6-2)11-25-14-9-7-8-12(3)10-14/h7-10,20H,5-6,11H2,1-4H3. The van der Waals surface area contributed by atoms with Crippen LogP contribution in [-0.2, 0) is 16.1 Å². The highest BCUT2D eigenvalue weighted by molar-refractivity contribution is 5.95. The molecule has 2 aromatic rings. The van der Waals surface area contributed by atoms with Crippen LogP contribution in [0.25, 0.3) is 0 Å². The molecule has 0 spiro atoms. The normalized spacial score (nSPS) is 10.4. The highest BCUT2D eigenvalue weighted by Crippen LogP contribution is 2.23. The van der Waals surface area contributed by atoms with Crippen LogP contribution in [0.5, 0.6) is 5.75 Å². The Labute approximate surface area is 147 Å². The molecule has 6 nitrogen and oxygen atoms in total. The van der Waals surface area contributed by atoms with Crippen LogP contribution >= 0.6 is 0 Å². The Bertz CT molecular complexity index is 763. The van der Waals surface area contributed by atoms with Gasteiger partial charge in [0.1, 0.15) is 23.7 Å². The number of carbonyl (C=O) groups is 2. The molecule has 2 rings (SSSR count). The molecule has 134 valence electrons. The molecule has 0 atom stereocenters. The fraction of sp³-hybridized carbons (Fsp3) is 0.368. The molecule has 1 heterocycles. The van der Waals surface area contributed by atoms with Crippen molar-refractivity contribution in [3.63, 3.8) is 0 Å². The summed E-state index contributed by atoms with van der Waals surface area (Å²) in [6.45, 7) is 7.80. The van der Waals surface area contributed by atoms with Crippen molar-refractivity contribution in [1.29, 1.82) is 0 Å². The maximum Gasteiger partial charge on any atom is 0.355 e. The summed E-state index contributed by atoms with van der Waals surface area (Å²) in [6, 6.07) is 7.60. The Morgan fingerprint density at radius 3 is 2.24 bits per heavy atom. The molecule has 0 aliphatic rings. The summed E-state index contributed by atoms with van der Waals surface area (Å²) < 4.78 is 15.9. The zero-order chi connectivity index (χ0) is 18.4. The first-order valence-corrected chi connectivity index (χ1v) is 8.23. The fourth-order valence-electron chi connectivity index (χ4n) is 2.46. The number of ether oxygens (including phenoxy) is 3. The van der Waals surface area contributed by atoms with Gasteiger partial charge in [-0.15, -0.1) is 0 Å². The summed E-state index contributed by atoms with van der Waals surface area (Å²) >= 11 is 0. The molecule has 0 aliphatic carbocycles. The third-order valence-corrected chi connectivity index (χ3v) is 3.71. The first-order valence-electron chi connectivity index (χ1n) is 8.23. The molecule has 1 aromatic carbocycles. The number of aromatic amines is 1. The zero-order valence-electron chi connectivity index (χ0n) is 15.0. The van der Waals surface area contributed by atoms with E-state index in [0.717, 1.165) is 5.56 Å². The molecule has 0 unspecified atom stereocenters. The van der Waals surface area contributed by atoms with Gasteiger partial charge in [-0.2, -0.15) is 0 Å². The molecule has 0 amide bonds. The molecule has 1 aromatic heterocycles. The van der Waals surface area contributed by atoms with Crippen molar-refractivity contribution in [3.05, 3.63) is 52.3 Å². The van der Waals surface area contributed by atoms with Crippen LogP contribution in [0, 0.1) is 13.8 Å². The zero-order valence-corrected chi connectivity index (χ0v) is 15.0. The van der Waals surface area contributed by atoms with Crippen molar-refractivity contribution in [3.8, 4) is 5.75 Å². The van der Waals surface area contributed by atoms with Crippen molar-refractivity contribution in [2.75, 3.05) is 13.2 Å². The highest BCUT2D eigenvalue weighted by Gasteiger charge is 2.25. The Kier molecular flexibility index (Phi) is 6.22. The third kappa shape index (κ3) is 4.41. The number of carbonyl (C=O) groups excluding carboxylic acids is 2. The van der Waals surface area contributed by atoms with Crippen LogP contribution in [0.4, 0.5) is 0 Å². The molecule has 25 heavy (non-hydrogen) atoms. The van der Waals surface area contributed by atoms with Gasteiger partial charge >= 0.3 is 11.9 Å². The molecule has 1 N–H and O–H groups in total. The summed E-state index contributed by atoms with van der Waals surface area (Å²) in [5.41, 5.74) is 2.74. The van der Waals surface area contributed by atoms with Gasteiger partial charge in [0.2, 0.25) is 0 Å². The van der Waals surface area contributed by atoms with Gasteiger partial charge in [-0.1, -0.05) is 12.1 Å². The number of aryl methyl sites for hydroxylation is 1. The second kappa shape index (κ2) is 8.37.